The van der Waals surface area contributed by atoms with E-state index in [-0.39, 0.29) is 18.9 Å². The summed E-state index contributed by atoms with van der Waals surface area (Å²) in [5.74, 6) is -0.562. The number of carbonyl (C=O) groups is 1. The average molecular weight is 221 g/mol. The van der Waals surface area contributed by atoms with E-state index in [1.807, 2.05) is 30.3 Å². The van der Waals surface area contributed by atoms with Crippen LogP contribution >= 0.6 is 0 Å². The van der Waals surface area contributed by atoms with Gasteiger partial charge < -0.3 is 9.94 Å². The summed E-state index contributed by atoms with van der Waals surface area (Å²) in [4.78, 5) is 11.3. The van der Waals surface area contributed by atoms with E-state index in [0.29, 0.717) is 4.74 Å². The molecule has 0 amide bonds. The smallest absolute Gasteiger partial charge is 0.399 e. The summed E-state index contributed by atoms with van der Waals surface area (Å²) < 4.78 is 5.39. The molecule has 86 valence electrons. The van der Waals surface area contributed by atoms with Gasteiger partial charge in [-0.1, -0.05) is 30.3 Å². The highest BCUT2D eigenvalue weighted by atomic mass is 16.5. The molecule has 0 atom stereocenters. The van der Waals surface area contributed by atoms with Crippen molar-refractivity contribution in [2.45, 2.75) is 20.4 Å². The molecule has 0 aliphatic carbocycles. The zero-order valence-electron chi connectivity index (χ0n) is 9.47. The molecule has 0 heterocycles. The van der Waals surface area contributed by atoms with Gasteiger partial charge in [0, 0.05) is 12.5 Å². The Morgan fingerprint density at radius 2 is 2.00 bits per heavy atom. The van der Waals surface area contributed by atoms with Gasteiger partial charge in [-0.05, 0) is 6.92 Å². The Kier molecular flexibility index (Phi) is 4.51. The van der Waals surface area contributed by atoms with Gasteiger partial charge in [0.05, 0.1) is 6.61 Å². The maximum atomic E-state index is 11.6. The molecule has 0 spiro atoms. The van der Waals surface area contributed by atoms with Crippen LogP contribution in [0.2, 0.25) is 0 Å². The van der Waals surface area contributed by atoms with Crippen LogP contribution in [0.1, 0.15) is 19.4 Å². The van der Waals surface area contributed by atoms with Crippen LogP contribution < -0.4 is 0 Å². The largest absolute Gasteiger partial charge is 0.623 e. The summed E-state index contributed by atoms with van der Waals surface area (Å²) >= 11 is 0. The Morgan fingerprint density at radius 3 is 2.56 bits per heavy atom. The fourth-order valence-corrected chi connectivity index (χ4v) is 1.21. The molecule has 4 nitrogen and oxygen atoms in total. The maximum Gasteiger partial charge on any atom is 0.399 e. The van der Waals surface area contributed by atoms with Crippen molar-refractivity contribution in [1.82, 2.24) is 0 Å². The van der Waals surface area contributed by atoms with Gasteiger partial charge in [-0.3, -0.25) is 0 Å². The minimum absolute atomic E-state index is 0.0747. The molecule has 0 unspecified atom stereocenters. The molecular weight excluding hydrogens is 206 g/mol. The second-order valence-electron chi connectivity index (χ2n) is 3.33. The molecule has 0 bridgehead atoms. The van der Waals surface area contributed by atoms with E-state index in [0.717, 1.165) is 5.56 Å². The molecular formula is C12H15NO3. The number of hydroxylamine groups is 1. The Bertz CT molecular complexity index is 385. The molecule has 0 saturated carbocycles. The number of ether oxygens (including phenoxy) is 1. The lowest BCUT2D eigenvalue weighted by molar-refractivity contribution is -0.474. The number of rotatable bonds is 4. The molecule has 0 aliphatic rings. The lowest BCUT2D eigenvalue weighted by Crippen LogP contribution is -2.23. The molecule has 0 radical (unpaired) electrons. The van der Waals surface area contributed by atoms with Gasteiger partial charge in [-0.2, -0.15) is 4.74 Å². The first-order valence-electron chi connectivity index (χ1n) is 5.14. The average Bonchev–Trinajstić information content (AvgIpc) is 2.29. The Balaban J connectivity index is 2.73. The third-order valence-corrected chi connectivity index (χ3v) is 2.11. The van der Waals surface area contributed by atoms with Gasteiger partial charge in [0.15, 0.2) is 6.54 Å². The van der Waals surface area contributed by atoms with Crippen molar-refractivity contribution in [2.24, 2.45) is 0 Å². The van der Waals surface area contributed by atoms with Crippen LogP contribution in [0.15, 0.2) is 30.3 Å². The van der Waals surface area contributed by atoms with Crippen LogP contribution in [0, 0.1) is 5.21 Å². The van der Waals surface area contributed by atoms with Crippen LogP contribution in [-0.4, -0.2) is 23.0 Å². The predicted octanol–water partition coefficient (Wildman–Crippen LogP) is 1.72. The molecule has 0 N–H and O–H groups in total. The van der Waals surface area contributed by atoms with E-state index in [2.05, 4.69) is 0 Å². The van der Waals surface area contributed by atoms with E-state index in [1.54, 1.807) is 6.92 Å². The SMILES string of the molecule is CCOC(=O)/C(C)=[N+](\[O-])Cc1ccccc1. The minimum atomic E-state index is -0.562. The second-order valence-corrected chi connectivity index (χ2v) is 3.33. The van der Waals surface area contributed by atoms with Crippen molar-refractivity contribution in [2.75, 3.05) is 6.61 Å². The highest BCUT2D eigenvalue weighted by molar-refractivity contribution is 6.33. The summed E-state index contributed by atoms with van der Waals surface area (Å²) in [5.41, 5.74) is 0.937. The Hall–Kier alpha value is -1.84. The van der Waals surface area contributed by atoms with Gasteiger partial charge in [0.25, 0.3) is 5.71 Å². The van der Waals surface area contributed by atoms with Gasteiger partial charge in [-0.15, -0.1) is 0 Å². The van der Waals surface area contributed by atoms with Gasteiger partial charge in [0.2, 0.25) is 0 Å². The highest BCUT2D eigenvalue weighted by Crippen LogP contribution is 2.00. The third kappa shape index (κ3) is 3.38. The molecule has 16 heavy (non-hydrogen) atoms. The minimum Gasteiger partial charge on any atom is -0.623 e. The van der Waals surface area contributed by atoms with Crippen LogP contribution in [0.25, 0.3) is 0 Å². The second kappa shape index (κ2) is 5.90. The fourth-order valence-electron chi connectivity index (χ4n) is 1.21. The van der Waals surface area contributed by atoms with Crippen LogP contribution in [-0.2, 0) is 16.1 Å². The number of esters is 1. The molecule has 0 fully saturated rings. The zero-order chi connectivity index (χ0) is 12.0. The maximum absolute atomic E-state index is 11.6. The first-order chi connectivity index (χ1) is 7.65. The van der Waals surface area contributed by atoms with Crippen molar-refractivity contribution in [3.05, 3.63) is 41.1 Å². The number of hydrogen-bond acceptors (Lipinski definition) is 3. The summed E-state index contributed by atoms with van der Waals surface area (Å²) in [7, 11) is 0. The van der Waals surface area contributed by atoms with Crippen LogP contribution in [0.3, 0.4) is 0 Å². The highest BCUT2D eigenvalue weighted by Gasteiger charge is 2.15. The van der Waals surface area contributed by atoms with Gasteiger partial charge >= 0.3 is 5.97 Å². The molecule has 0 aromatic heterocycles. The summed E-state index contributed by atoms with van der Waals surface area (Å²) in [6, 6.07) is 9.25. The molecule has 1 aromatic carbocycles. The van der Waals surface area contributed by atoms with Crippen molar-refractivity contribution >= 4 is 11.7 Å². The summed E-state index contributed by atoms with van der Waals surface area (Å²) in [5, 5.41) is 11.6. The molecule has 4 heteroatoms. The van der Waals surface area contributed by atoms with E-state index in [4.69, 9.17) is 4.74 Å². The van der Waals surface area contributed by atoms with Gasteiger partial charge in [-0.25, -0.2) is 4.79 Å². The zero-order valence-corrected chi connectivity index (χ0v) is 9.47. The van der Waals surface area contributed by atoms with E-state index >= 15 is 0 Å². The lowest BCUT2D eigenvalue weighted by atomic mass is 10.2. The van der Waals surface area contributed by atoms with E-state index in [1.165, 1.54) is 6.92 Å². The third-order valence-electron chi connectivity index (χ3n) is 2.11. The normalized spacial score (nSPS) is 11.9. The predicted molar refractivity (Wildman–Crippen MR) is 61.1 cm³/mol. The molecule has 0 aliphatic heterocycles. The van der Waals surface area contributed by atoms with Crippen molar-refractivity contribution in [3.63, 3.8) is 0 Å². The fraction of sp³-hybridized carbons (Fsp3) is 0.333. The molecule has 1 aromatic rings. The first kappa shape index (κ1) is 12.2. The lowest BCUT2D eigenvalue weighted by Gasteiger charge is -2.07. The number of hydrogen-bond donors (Lipinski definition) is 0. The standard InChI is InChI=1S/C12H15NO3/c1-3-16-12(14)10(2)13(15)9-11-7-5-4-6-8-11/h4-8H,3,9H2,1-2H3/b13-10-. The Morgan fingerprint density at radius 1 is 1.38 bits per heavy atom. The van der Waals surface area contributed by atoms with Crippen LogP contribution in [0.5, 0.6) is 0 Å². The van der Waals surface area contributed by atoms with E-state index < -0.39 is 5.97 Å². The Labute approximate surface area is 94.7 Å². The number of carbonyl (C=O) groups excluding carboxylic acids is 1. The van der Waals surface area contributed by atoms with Gasteiger partial charge in [0.1, 0.15) is 0 Å². The van der Waals surface area contributed by atoms with Crippen molar-refractivity contribution < 1.29 is 14.3 Å². The quantitative estimate of drug-likeness (QED) is 0.256. The first-order valence-corrected chi connectivity index (χ1v) is 5.14. The topological polar surface area (TPSA) is 52.4 Å². The number of benzene rings is 1. The van der Waals surface area contributed by atoms with Crippen molar-refractivity contribution in [1.29, 1.82) is 0 Å². The summed E-state index contributed by atoms with van der Waals surface area (Å²) in [6.45, 7) is 3.60. The number of nitrogens with zero attached hydrogens (tertiary/aromatic N) is 1. The molecule has 1 rings (SSSR count). The van der Waals surface area contributed by atoms with Crippen LogP contribution in [0.4, 0.5) is 0 Å². The summed E-state index contributed by atoms with van der Waals surface area (Å²) in [6.07, 6.45) is 0. The monoisotopic (exact) mass is 221 g/mol. The van der Waals surface area contributed by atoms with E-state index in [9.17, 15) is 10.0 Å². The molecule has 0 saturated heterocycles. The van der Waals surface area contributed by atoms with Crippen molar-refractivity contribution in [3.8, 4) is 0 Å².